The molecule has 0 aliphatic carbocycles. The predicted molar refractivity (Wildman–Crippen MR) is 115 cm³/mol. The number of carbonyl (C=O) groups is 2. The number of benzene rings is 2. The Morgan fingerprint density at radius 1 is 0.862 bits per heavy atom. The zero-order valence-electron chi connectivity index (χ0n) is 16.6. The number of nitrogens with zero attached hydrogens (tertiary/aromatic N) is 2. The van der Waals surface area contributed by atoms with E-state index in [1.165, 1.54) is 6.92 Å². The molecule has 0 saturated carbocycles. The van der Waals surface area contributed by atoms with Crippen molar-refractivity contribution in [2.45, 2.75) is 26.8 Å². The van der Waals surface area contributed by atoms with Crippen LogP contribution in [0.2, 0.25) is 0 Å². The average molecular weight is 389 g/mol. The lowest BCUT2D eigenvalue weighted by Gasteiger charge is -2.13. The maximum absolute atomic E-state index is 12.9. The number of amides is 2. The Hall–Kier alpha value is -3.74. The molecule has 0 spiro atoms. The molecule has 1 heterocycles. The Morgan fingerprint density at radius 3 is 2.21 bits per heavy atom. The molecule has 3 N–H and O–H groups in total. The van der Waals surface area contributed by atoms with Crippen LogP contribution in [0, 0.1) is 0 Å². The molecule has 148 valence electrons. The van der Waals surface area contributed by atoms with E-state index in [9.17, 15) is 9.59 Å². The van der Waals surface area contributed by atoms with E-state index >= 15 is 0 Å². The minimum atomic E-state index is -0.364. The third-order valence-electron chi connectivity index (χ3n) is 3.87. The number of nitrogens with one attached hydrogen (secondary N) is 3. The van der Waals surface area contributed by atoms with Crippen LogP contribution in [0.15, 0.2) is 60.7 Å². The molecule has 7 nitrogen and oxygen atoms in total. The number of rotatable bonds is 6. The second kappa shape index (κ2) is 8.97. The number of carbonyl (C=O) groups excluding carboxylic acids is 2. The van der Waals surface area contributed by atoms with Crippen LogP contribution in [-0.2, 0) is 4.79 Å². The van der Waals surface area contributed by atoms with Crippen molar-refractivity contribution < 1.29 is 9.59 Å². The van der Waals surface area contributed by atoms with Gasteiger partial charge in [-0.2, -0.15) is 0 Å². The largest absolute Gasteiger partial charge is 0.368 e. The summed E-state index contributed by atoms with van der Waals surface area (Å²) >= 11 is 0. The van der Waals surface area contributed by atoms with Crippen LogP contribution in [-0.4, -0.2) is 27.8 Å². The molecule has 2 aromatic carbocycles. The zero-order chi connectivity index (χ0) is 20.8. The van der Waals surface area contributed by atoms with Gasteiger partial charge in [0.25, 0.3) is 5.91 Å². The minimum absolute atomic E-state index is 0.152. The van der Waals surface area contributed by atoms with Crippen LogP contribution < -0.4 is 16.0 Å². The molecule has 0 atom stereocenters. The van der Waals surface area contributed by atoms with Crippen LogP contribution in [0.3, 0.4) is 0 Å². The number of hydrogen-bond acceptors (Lipinski definition) is 5. The summed E-state index contributed by atoms with van der Waals surface area (Å²) in [5.41, 5.74) is 2.22. The molecule has 7 heteroatoms. The van der Waals surface area contributed by atoms with E-state index in [1.54, 1.807) is 30.3 Å². The maximum Gasteiger partial charge on any atom is 0.274 e. The Morgan fingerprint density at radius 2 is 1.55 bits per heavy atom. The van der Waals surface area contributed by atoms with E-state index in [2.05, 4.69) is 25.9 Å². The summed E-state index contributed by atoms with van der Waals surface area (Å²) in [7, 11) is 0. The maximum atomic E-state index is 12.9. The summed E-state index contributed by atoms with van der Waals surface area (Å²) < 4.78 is 0. The van der Waals surface area contributed by atoms with Gasteiger partial charge in [0, 0.05) is 36.0 Å². The summed E-state index contributed by atoms with van der Waals surface area (Å²) in [5, 5.41) is 8.74. The summed E-state index contributed by atoms with van der Waals surface area (Å²) in [5.74, 6) is 0.497. The fraction of sp³-hybridized carbons (Fsp3) is 0.182. The summed E-state index contributed by atoms with van der Waals surface area (Å²) in [4.78, 5) is 33.1. The van der Waals surface area contributed by atoms with Gasteiger partial charge in [0.2, 0.25) is 5.91 Å². The van der Waals surface area contributed by atoms with E-state index in [1.807, 2.05) is 44.2 Å². The Labute approximate surface area is 169 Å². The normalized spacial score (nSPS) is 10.5. The topological polar surface area (TPSA) is 96.0 Å². The van der Waals surface area contributed by atoms with Gasteiger partial charge in [0.05, 0.1) is 0 Å². The van der Waals surface area contributed by atoms with Crippen molar-refractivity contribution in [2.75, 3.05) is 16.0 Å². The number of aromatic nitrogens is 2. The lowest BCUT2D eigenvalue weighted by atomic mass is 10.2. The van der Waals surface area contributed by atoms with Crippen molar-refractivity contribution in [3.05, 3.63) is 66.4 Å². The second-order valence-electron chi connectivity index (χ2n) is 6.84. The molecule has 0 radical (unpaired) electrons. The summed E-state index contributed by atoms with van der Waals surface area (Å²) in [6.45, 7) is 5.43. The van der Waals surface area contributed by atoms with Crippen molar-refractivity contribution in [1.82, 2.24) is 9.97 Å². The van der Waals surface area contributed by atoms with Crippen molar-refractivity contribution in [1.29, 1.82) is 0 Å². The lowest BCUT2D eigenvalue weighted by molar-refractivity contribution is -0.114. The van der Waals surface area contributed by atoms with Crippen molar-refractivity contribution in [3.63, 3.8) is 0 Å². The van der Waals surface area contributed by atoms with E-state index in [0.717, 1.165) is 5.56 Å². The molecule has 0 aliphatic heterocycles. The van der Waals surface area contributed by atoms with Crippen molar-refractivity contribution in [3.8, 4) is 11.4 Å². The summed E-state index contributed by atoms with van der Waals surface area (Å²) in [6.07, 6.45) is 0. The fourth-order valence-electron chi connectivity index (χ4n) is 2.72. The van der Waals surface area contributed by atoms with Gasteiger partial charge in [0.15, 0.2) is 5.82 Å². The highest BCUT2D eigenvalue weighted by molar-refractivity contribution is 6.04. The van der Waals surface area contributed by atoms with Crippen molar-refractivity contribution >= 4 is 29.0 Å². The van der Waals surface area contributed by atoms with Gasteiger partial charge >= 0.3 is 0 Å². The molecule has 0 fully saturated rings. The van der Waals surface area contributed by atoms with Gasteiger partial charge in [-0.3, -0.25) is 9.59 Å². The molecule has 0 saturated heterocycles. The monoisotopic (exact) mass is 389 g/mol. The van der Waals surface area contributed by atoms with Gasteiger partial charge < -0.3 is 16.0 Å². The van der Waals surface area contributed by atoms with Gasteiger partial charge in [-0.25, -0.2) is 9.97 Å². The SMILES string of the molecule is CC(=O)Nc1cccc(NC(=O)c2cc(NC(C)C)nc(-c3ccccc3)n2)c1. The molecular weight excluding hydrogens is 366 g/mol. The fourth-order valence-corrected chi connectivity index (χ4v) is 2.72. The Kier molecular flexibility index (Phi) is 6.19. The highest BCUT2D eigenvalue weighted by Gasteiger charge is 2.14. The molecule has 0 aliphatic rings. The molecule has 2 amide bonds. The van der Waals surface area contributed by atoms with Crippen LogP contribution in [0.1, 0.15) is 31.3 Å². The van der Waals surface area contributed by atoms with Gasteiger partial charge in [-0.05, 0) is 32.0 Å². The number of hydrogen-bond donors (Lipinski definition) is 3. The lowest BCUT2D eigenvalue weighted by Crippen LogP contribution is -2.17. The first-order chi connectivity index (χ1) is 13.9. The zero-order valence-corrected chi connectivity index (χ0v) is 16.6. The molecule has 0 unspecified atom stereocenters. The highest BCUT2D eigenvalue weighted by atomic mass is 16.2. The molecule has 0 bridgehead atoms. The van der Waals surface area contributed by atoms with E-state index in [4.69, 9.17) is 0 Å². The molecular formula is C22H23N5O2. The van der Waals surface area contributed by atoms with Gasteiger partial charge in [-0.1, -0.05) is 36.4 Å². The van der Waals surface area contributed by atoms with Gasteiger partial charge in [0.1, 0.15) is 11.5 Å². The average Bonchev–Trinajstić information content (AvgIpc) is 2.67. The molecule has 29 heavy (non-hydrogen) atoms. The Balaban J connectivity index is 1.90. The first-order valence-electron chi connectivity index (χ1n) is 9.31. The molecule has 3 aromatic rings. The minimum Gasteiger partial charge on any atom is -0.368 e. The summed E-state index contributed by atoms with van der Waals surface area (Å²) in [6, 6.07) is 18.2. The number of anilines is 3. The predicted octanol–water partition coefficient (Wildman–Crippen LogP) is 4.17. The quantitative estimate of drug-likeness (QED) is 0.588. The standard InChI is InChI=1S/C22H23N5O2/c1-14(2)23-20-13-19(26-21(27-20)16-8-5-4-6-9-16)22(29)25-18-11-7-10-17(12-18)24-15(3)28/h4-14H,1-3H3,(H,24,28)(H,25,29)(H,23,26,27). The second-order valence-corrected chi connectivity index (χ2v) is 6.84. The molecule has 1 aromatic heterocycles. The Bertz CT molecular complexity index is 1020. The first-order valence-corrected chi connectivity index (χ1v) is 9.31. The molecule has 3 rings (SSSR count). The third kappa shape index (κ3) is 5.62. The third-order valence-corrected chi connectivity index (χ3v) is 3.87. The smallest absolute Gasteiger partial charge is 0.274 e. The van der Waals surface area contributed by atoms with Gasteiger partial charge in [-0.15, -0.1) is 0 Å². The van der Waals surface area contributed by atoms with Crippen LogP contribution in [0.4, 0.5) is 17.2 Å². The van der Waals surface area contributed by atoms with Crippen LogP contribution in [0.5, 0.6) is 0 Å². The van der Waals surface area contributed by atoms with E-state index in [-0.39, 0.29) is 23.6 Å². The van der Waals surface area contributed by atoms with E-state index in [0.29, 0.717) is 23.0 Å². The van der Waals surface area contributed by atoms with Crippen LogP contribution >= 0.6 is 0 Å². The highest BCUT2D eigenvalue weighted by Crippen LogP contribution is 2.20. The van der Waals surface area contributed by atoms with Crippen molar-refractivity contribution in [2.24, 2.45) is 0 Å². The first kappa shape index (κ1) is 20.0. The van der Waals surface area contributed by atoms with Crippen LogP contribution in [0.25, 0.3) is 11.4 Å². The van der Waals surface area contributed by atoms with E-state index < -0.39 is 0 Å².